The van der Waals surface area contributed by atoms with E-state index in [1.165, 1.54) is 18.1 Å². The number of esters is 1. The van der Waals surface area contributed by atoms with Crippen LogP contribution in [-0.4, -0.2) is 82.7 Å². The van der Waals surface area contributed by atoms with Crippen molar-refractivity contribution >= 4 is 24.3 Å². The number of methoxy groups -OCH3 is 1. The number of hydrogen-bond donors (Lipinski definition) is 1. The Labute approximate surface area is 137 Å². The summed E-state index contributed by atoms with van der Waals surface area (Å²) in [6.45, 7) is 1.58. The summed E-state index contributed by atoms with van der Waals surface area (Å²) in [7, 11) is 3.05. The summed E-state index contributed by atoms with van der Waals surface area (Å²) in [5, 5.41) is 11.1. The summed E-state index contributed by atoms with van der Waals surface area (Å²) in [4.78, 5) is 47.0. The number of carbonyl (C=O) groups is 4. The average Bonchev–Trinajstić information content (AvgIpc) is 2.95. The molecule has 2 aliphatic heterocycles. The van der Waals surface area contributed by atoms with E-state index in [-0.39, 0.29) is 35.9 Å². The fourth-order valence-corrected chi connectivity index (χ4v) is 2.53. The summed E-state index contributed by atoms with van der Waals surface area (Å²) in [6.07, 6.45) is 0. The van der Waals surface area contributed by atoms with Crippen LogP contribution in [0.5, 0.6) is 0 Å². The predicted molar refractivity (Wildman–Crippen MR) is 79.3 cm³/mol. The highest BCUT2D eigenvalue weighted by Gasteiger charge is 2.38. The molecular formula is C14H18N4O6. The Morgan fingerprint density at radius 2 is 2.00 bits per heavy atom. The Kier molecular flexibility index (Phi) is 5.17. The van der Waals surface area contributed by atoms with Gasteiger partial charge in [0.25, 0.3) is 18.3 Å². The number of rotatable bonds is 2. The Morgan fingerprint density at radius 1 is 1.38 bits per heavy atom. The monoisotopic (exact) mass is 338 g/mol. The van der Waals surface area contributed by atoms with E-state index >= 15 is 0 Å². The molecule has 0 atom stereocenters. The highest BCUT2D eigenvalue weighted by atomic mass is 16.5. The van der Waals surface area contributed by atoms with E-state index in [0.29, 0.717) is 31.9 Å². The molecule has 1 N–H and O–H groups in total. The molecule has 130 valence electrons. The summed E-state index contributed by atoms with van der Waals surface area (Å²) in [5.74, 6) is -0.958. The molecule has 1 aromatic heterocycles. The normalized spacial score (nSPS) is 16.5. The number of ether oxygens (including phenoxy) is 1. The number of carboxylic acid groups (broad SMARTS) is 1. The van der Waals surface area contributed by atoms with Crippen molar-refractivity contribution in [1.82, 2.24) is 19.6 Å². The number of carbonyl (C=O) groups excluding carboxylic acids is 3. The van der Waals surface area contributed by atoms with Crippen molar-refractivity contribution in [2.24, 2.45) is 5.92 Å². The lowest BCUT2D eigenvalue weighted by Gasteiger charge is -2.36. The fraction of sp³-hybridized carbons (Fsp3) is 0.500. The van der Waals surface area contributed by atoms with Gasteiger partial charge in [0.15, 0.2) is 5.69 Å². The quantitative estimate of drug-likeness (QED) is 0.537. The summed E-state index contributed by atoms with van der Waals surface area (Å²) >= 11 is 0. The van der Waals surface area contributed by atoms with Crippen molar-refractivity contribution in [3.63, 3.8) is 0 Å². The van der Waals surface area contributed by atoms with Gasteiger partial charge in [-0.1, -0.05) is 0 Å². The number of nitrogens with zero attached hydrogens (tertiary/aromatic N) is 4. The number of likely N-dealkylation sites (N-methyl/N-ethyl adjacent to an activating group) is 1. The topological polar surface area (TPSA) is 122 Å². The number of hydrogen-bond acceptors (Lipinski definition) is 6. The molecule has 2 aliphatic rings. The fourth-order valence-electron chi connectivity index (χ4n) is 2.53. The van der Waals surface area contributed by atoms with E-state index in [2.05, 4.69) is 9.84 Å². The first-order valence-electron chi connectivity index (χ1n) is 7.21. The first-order valence-corrected chi connectivity index (χ1v) is 7.21. The average molecular weight is 338 g/mol. The molecule has 0 spiro atoms. The van der Waals surface area contributed by atoms with E-state index in [1.807, 2.05) is 0 Å². The molecule has 0 saturated carbocycles. The molecular weight excluding hydrogens is 320 g/mol. The van der Waals surface area contributed by atoms with Crippen LogP contribution in [0.4, 0.5) is 0 Å². The van der Waals surface area contributed by atoms with E-state index in [0.717, 1.165) is 0 Å². The molecule has 0 bridgehead atoms. The second kappa shape index (κ2) is 7.11. The van der Waals surface area contributed by atoms with Crippen LogP contribution in [0.25, 0.3) is 0 Å². The second-order valence-corrected chi connectivity index (χ2v) is 5.40. The molecule has 24 heavy (non-hydrogen) atoms. The molecule has 1 fully saturated rings. The van der Waals surface area contributed by atoms with Crippen LogP contribution in [0.2, 0.25) is 0 Å². The van der Waals surface area contributed by atoms with Gasteiger partial charge in [0, 0.05) is 32.7 Å². The summed E-state index contributed by atoms with van der Waals surface area (Å²) in [6, 6.07) is 1.52. The van der Waals surface area contributed by atoms with Crippen LogP contribution in [0.15, 0.2) is 6.07 Å². The van der Waals surface area contributed by atoms with E-state index in [1.54, 1.807) is 16.6 Å². The van der Waals surface area contributed by atoms with Gasteiger partial charge in [-0.3, -0.25) is 23.9 Å². The lowest BCUT2D eigenvalue weighted by atomic mass is 10.00. The molecule has 0 unspecified atom stereocenters. The molecule has 2 amide bonds. The van der Waals surface area contributed by atoms with Gasteiger partial charge in [-0.05, 0) is 0 Å². The Morgan fingerprint density at radius 3 is 2.58 bits per heavy atom. The van der Waals surface area contributed by atoms with Gasteiger partial charge in [-0.2, -0.15) is 5.10 Å². The summed E-state index contributed by atoms with van der Waals surface area (Å²) < 4.78 is 6.20. The molecule has 3 heterocycles. The SMILES string of the molecule is COC(=O)C1CN(C(=O)c2cc3n(n2)CCN(C)C3=O)C1.O=CO. The standard InChI is InChI=1S/C13H16N4O4.CH2O2/c1-15-3-4-17-10(12(15)19)5-9(14-17)11(18)16-6-8(7-16)13(20)21-2;2-1-3/h5,8H,3-4,6-7H2,1-2H3;1H,(H,2,3). The third-order valence-corrected chi connectivity index (χ3v) is 3.92. The zero-order chi connectivity index (χ0) is 17.9. The van der Waals surface area contributed by atoms with Crippen molar-refractivity contribution in [2.75, 3.05) is 33.8 Å². The van der Waals surface area contributed by atoms with Crippen molar-refractivity contribution in [3.8, 4) is 0 Å². The molecule has 0 aromatic carbocycles. The number of fused-ring (bicyclic) bond motifs is 1. The van der Waals surface area contributed by atoms with Gasteiger partial charge in [0.1, 0.15) is 5.69 Å². The molecule has 1 aromatic rings. The Hall–Kier alpha value is -2.91. The zero-order valence-electron chi connectivity index (χ0n) is 13.3. The largest absolute Gasteiger partial charge is 0.483 e. The Bertz CT molecular complexity index is 664. The van der Waals surface area contributed by atoms with Crippen LogP contribution >= 0.6 is 0 Å². The lowest BCUT2D eigenvalue weighted by Crippen LogP contribution is -2.53. The minimum absolute atomic E-state index is 0.135. The number of amides is 2. The van der Waals surface area contributed by atoms with Gasteiger partial charge in [-0.15, -0.1) is 0 Å². The van der Waals surface area contributed by atoms with Crippen LogP contribution in [0.1, 0.15) is 21.0 Å². The molecule has 0 aliphatic carbocycles. The van der Waals surface area contributed by atoms with Crippen LogP contribution in [0, 0.1) is 5.92 Å². The van der Waals surface area contributed by atoms with E-state index < -0.39 is 0 Å². The minimum atomic E-state index is -0.306. The first-order chi connectivity index (χ1) is 11.4. The molecule has 0 radical (unpaired) electrons. The van der Waals surface area contributed by atoms with Gasteiger partial charge in [-0.25, -0.2) is 0 Å². The van der Waals surface area contributed by atoms with E-state index in [9.17, 15) is 14.4 Å². The van der Waals surface area contributed by atoms with E-state index in [4.69, 9.17) is 9.90 Å². The minimum Gasteiger partial charge on any atom is -0.483 e. The first kappa shape index (κ1) is 17.4. The van der Waals surface area contributed by atoms with Gasteiger partial charge < -0.3 is 19.6 Å². The molecule has 10 heteroatoms. The molecule has 10 nitrogen and oxygen atoms in total. The maximum atomic E-state index is 12.3. The number of aromatic nitrogens is 2. The van der Waals surface area contributed by atoms with Crippen LogP contribution in [0.3, 0.4) is 0 Å². The Balaban J connectivity index is 0.000000647. The van der Waals surface area contributed by atoms with Crippen LogP contribution < -0.4 is 0 Å². The van der Waals surface area contributed by atoms with Crippen LogP contribution in [-0.2, 0) is 20.9 Å². The number of likely N-dealkylation sites (tertiary alicyclic amines) is 1. The summed E-state index contributed by atoms with van der Waals surface area (Å²) in [5.41, 5.74) is 0.675. The maximum Gasteiger partial charge on any atom is 0.312 e. The third-order valence-electron chi connectivity index (χ3n) is 3.92. The molecule has 1 saturated heterocycles. The maximum absolute atomic E-state index is 12.3. The van der Waals surface area contributed by atoms with Gasteiger partial charge in [0.05, 0.1) is 19.6 Å². The van der Waals surface area contributed by atoms with Gasteiger partial charge in [0.2, 0.25) is 0 Å². The van der Waals surface area contributed by atoms with Crippen molar-refractivity contribution < 1.29 is 29.0 Å². The molecule has 3 rings (SSSR count). The zero-order valence-corrected chi connectivity index (χ0v) is 13.3. The van der Waals surface area contributed by atoms with Gasteiger partial charge >= 0.3 is 5.97 Å². The predicted octanol–water partition coefficient (Wildman–Crippen LogP) is -1.09. The smallest absolute Gasteiger partial charge is 0.312 e. The van der Waals surface area contributed by atoms with Crippen molar-refractivity contribution in [3.05, 3.63) is 17.5 Å². The highest BCUT2D eigenvalue weighted by molar-refractivity contribution is 5.98. The highest BCUT2D eigenvalue weighted by Crippen LogP contribution is 2.21. The second-order valence-electron chi connectivity index (χ2n) is 5.40. The lowest BCUT2D eigenvalue weighted by molar-refractivity contribution is -0.149. The van der Waals surface area contributed by atoms with Crippen molar-refractivity contribution in [2.45, 2.75) is 6.54 Å². The van der Waals surface area contributed by atoms with Crippen molar-refractivity contribution in [1.29, 1.82) is 0 Å². The third kappa shape index (κ3) is 3.21.